The van der Waals surface area contributed by atoms with Gasteiger partial charge < -0.3 is 15.7 Å². The normalized spacial score (nSPS) is 11.7. The topological polar surface area (TPSA) is 91.3 Å². The number of hydrogen-bond donors (Lipinski definition) is 3. The van der Waals surface area contributed by atoms with E-state index in [4.69, 9.17) is 5.11 Å². The Morgan fingerprint density at radius 1 is 1.53 bits per heavy atom. The molecule has 3 N–H and O–H groups in total. The van der Waals surface area contributed by atoms with Crippen LogP contribution in [0.15, 0.2) is 18.5 Å². The Hall–Kier alpha value is -1.76. The highest BCUT2D eigenvalue weighted by atomic mass is 32.2. The number of pyridine rings is 1. The Kier molecular flexibility index (Phi) is 6.14. The number of nitrogens with zero attached hydrogens (tertiary/aromatic N) is 1. The molecule has 1 aromatic rings. The highest BCUT2D eigenvalue weighted by Gasteiger charge is 2.19. The summed E-state index contributed by atoms with van der Waals surface area (Å²) in [6.07, 6.45) is 5.41. The van der Waals surface area contributed by atoms with E-state index in [9.17, 15) is 9.59 Å². The highest BCUT2D eigenvalue weighted by Crippen LogP contribution is 2.11. The van der Waals surface area contributed by atoms with Crippen molar-refractivity contribution >= 4 is 29.4 Å². The minimum Gasteiger partial charge on any atom is -0.480 e. The van der Waals surface area contributed by atoms with Crippen LogP contribution in [0.25, 0.3) is 0 Å². The van der Waals surface area contributed by atoms with Crippen LogP contribution in [0.2, 0.25) is 0 Å². The number of aryl methyl sites for hydroxylation is 1. The van der Waals surface area contributed by atoms with Crippen LogP contribution < -0.4 is 10.6 Å². The van der Waals surface area contributed by atoms with E-state index in [0.29, 0.717) is 17.9 Å². The van der Waals surface area contributed by atoms with Gasteiger partial charge in [0, 0.05) is 6.20 Å². The van der Waals surface area contributed by atoms with E-state index >= 15 is 0 Å². The van der Waals surface area contributed by atoms with E-state index < -0.39 is 18.0 Å². The predicted octanol–water partition coefficient (Wildman–Crippen LogP) is 1.72. The zero-order chi connectivity index (χ0) is 14.3. The van der Waals surface area contributed by atoms with Crippen LogP contribution in [0.1, 0.15) is 12.0 Å². The molecule has 19 heavy (non-hydrogen) atoms. The van der Waals surface area contributed by atoms with Crippen LogP contribution in [0, 0.1) is 6.92 Å². The van der Waals surface area contributed by atoms with Crippen molar-refractivity contribution in [3.05, 3.63) is 24.0 Å². The average Bonchev–Trinajstić information content (AvgIpc) is 2.37. The molecule has 0 aliphatic carbocycles. The molecule has 7 heteroatoms. The molecule has 1 heterocycles. The van der Waals surface area contributed by atoms with Crippen LogP contribution in [-0.4, -0.2) is 40.1 Å². The molecule has 1 atom stereocenters. The molecule has 0 saturated carbocycles. The third-order valence-electron chi connectivity index (χ3n) is 2.50. The molecule has 1 aromatic heterocycles. The number of thioether (sulfide) groups is 1. The number of hydrogen-bond acceptors (Lipinski definition) is 4. The Labute approximate surface area is 116 Å². The number of anilines is 1. The zero-order valence-corrected chi connectivity index (χ0v) is 11.7. The summed E-state index contributed by atoms with van der Waals surface area (Å²) < 4.78 is 0. The number of rotatable bonds is 6. The Morgan fingerprint density at radius 2 is 2.26 bits per heavy atom. The number of amides is 2. The maximum Gasteiger partial charge on any atom is 0.326 e. The molecule has 0 aliphatic heterocycles. The van der Waals surface area contributed by atoms with Crippen molar-refractivity contribution in [1.82, 2.24) is 10.3 Å². The monoisotopic (exact) mass is 283 g/mol. The highest BCUT2D eigenvalue weighted by molar-refractivity contribution is 7.98. The molecule has 0 aliphatic rings. The van der Waals surface area contributed by atoms with E-state index in [2.05, 4.69) is 15.6 Å². The number of carboxylic acids is 1. The van der Waals surface area contributed by atoms with Gasteiger partial charge in [-0.15, -0.1) is 0 Å². The molecule has 0 saturated heterocycles. The summed E-state index contributed by atoms with van der Waals surface area (Å²) in [4.78, 5) is 26.6. The lowest BCUT2D eigenvalue weighted by molar-refractivity contribution is -0.139. The number of aliphatic carboxylic acids is 1. The van der Waals surface area contributed by atoms with Crippen molar-refractivity contribution in [1.29, 1.82) is 0 Å². The Bertz CT molecular complexity index is 454. The fraction of sp³-hybridized carbons (Fsp3) is 0.417. The molecule has 6 nitrogen and oxygen atoms in total. The minimum absolute atomic E-state index is 0.385. The quantitative estimate of drug-likeness (QED) is 0.739. The second-order valence-corrected chi connectivity index (χ2v) is 4.95. The van der Waals surface area contributed by atoms with E-state index in [1.807, 2.05) is 13.2 Å². The summed E-state index contributed by atoms with van der Waals surface area (Å²) >= 11 is 1.54. The van der Waals surface area contributed by atoms with Crippen molar-refractivity contribution in [2.24, 2.45) is 0 Å². The second kappa shape index (κ2) is 7.63. The number of aromatic nitrogens is 1. The van der Waals surface area contributed by atoms with E-state index in [-0.39, 0.29) is 0 Å². The molecule has 0 fully saturated rings. The fourth-order valence-electron chi connectivity index (χ4n) is 1.40. The van der Waals surface area contributed by atoms with Gasteiger partial charge in [-0.1, -0.05) is 0 Å². The summed E-state index contributed by atoms with van der Waals surface area (Å²) in [5.74, 6) is -0.365. The van der Waals surface area contributed by atoms with Crippen LogP contribution in [0.3, 0.4) is 0 Å². The first-order chi connectivity index (χ1) is 9.04. The van der Waals surface area contributed by atoms with Crippen LogP contribution in [0.5, 0.6) is 0 Å². The lowest BCUT2D eigenvalue weighted by atomic mass is 10.2. The lowest BCUT2D eigenvalue weighted by Crippen LogP contribution is -2.43. The second-order valence-electron chi connectivity index (χ2n) is 3.96. The molecule has 2 amide bonds. The van der Waals surface area contributed by atoms with Crippen LogP contribution in [0.4, 0.5) is 10.5 Å². The molecule has 104 valence electrons. The number of carbonyl (C=O) groups is 2. The van der Waals surface area contributed by atoms with Crippen molar-refractivity contribution in [2.45, 2.75) is 19.4 Å². The van der Waals surface area contributed by atoms with Gasteiger partial charge in [0.15, 0.2) is 0 Å². The van der Waals surface area contributed by atoms with Gasteiger partial charge in [0.25, 0.3) is 0 Å². The van der Waals surface area contributed by atoms with Gasteiger partial charge in [-0.05, 0) is 37.0 Å². The zero-order valence-electron chi connectivity index (χ0n) is 10.8. The summed E-state index contributed by atoms with van der Waals surface area (Å²) in [5, 5.41) is 14.0. The standard InChI is InChI=1S/C12H17N3O3S/c1-8-3-5-13-7-10(8)15-12(18)14-9(11(16)17)4-6-19-2/h3,5,7,9H,4,6H2,1-2H3,(H,16,17)(H2,14,15,18). The summed E-state index contributed by atoms with van der Waals surface area (Å²) in [6.45, 7) is 1.83. The summed E-state index contributed by atoms with van der Waals surface area (Å²) in [5.41, 5.74) is 1.43. The van der Waals surface area contributed by atoms with Gasteiger partial charge >= 0.3 is 12.0 Å². The first kappa shape index (κ1) is 15.3. The van der Waals surface area contributed by atoms with Gasteiger partial charge in [0.2, 0.25) is 0 Å². The molecule has 0 aromatic carbocycles. The molecule has 0 bridgehead atoms. The molecular formula is C12H17N3O3S. The third-order valence-corrected chi connectivity index (χ3v) is 3.15. The Morgan fingerprint density at radius 3 is 2.84 bits per heavy atom. The Balaban J connectivity index is 2.58. The molecule has 1 unspecified atom stereocenters. The largest absolute Gasteiger partial charge is 0.480 e. The van der Waals surface area contributed by atoms with E-state index in [0.717, 1.165) is 5.56 Å². The minimum atomic E-state index is -1.04. The first-order valence-corrected chi connectivity index (χ1v) is 7.14. The van der Waals surface area contributed by atoms with Gasteiger partial charge in [-0.3, -0.25) is 4.98 Å². The van der Waals surface area contributed by atoms with Crippen molar-refractivity contribution < 1.29 is 14.7 Å². The predicted molar refractivity (Wildman–Crippen MR) is 75.6 cm³/mol. The van der Waals surface area contributed by atoms with Gasteiger partial charge in [-0.2, -0.15) is 11.8 Å². The first-order valence-electron chi connectivity index (χ1n) is 5.74. The third kappa shape index (κ3) is 5.17. The molecule has 0 radical (unpaired) electrons. The van der Waals surface area contributed by atoms with Crippen molar-refractivity contribution in [3.8, 4) is 0 Å². The SMILES string of the molecule is CSCCC(NC(=O)Nc1cnccc1C)C(=O)O. The van der Waals surface area contributed by atoms with E-state index in [1.165, 1.54) is 18.0 Å². The van der Waals surface area contributed by atoms with Crippen LogP contribution in [-0.2, 0) is 4.79 Å². The number of nitrogens with one attached hydrogen (secondary N) is 2. The summed E-state index contributed by atoms with van der Waals surface area (Å²) in [6, 6.07) is 0.340. The lowest BCUT2D eigenvalue weighted by Gasteiger charge is -2.15. The average molecular weight is 283 g/mol. The summed E-state index contributed by atoms with van der Waals surface area (Å²) in [7, 11) is 0. The number of urea groups is 1. The molecule has 1 rings (SSSR count). The maximum absolute atomic E-state index is 11.7. The van der Waals surface area contributed by atoms with E-state index in [1.54, 1.807) is 12.3 Å². The maximum atomic E-state index is 11.7. The number of carboxylic acid groups (broad SMARTS) is 1. The molecule has 0 spiro atoms. The van der Waals surface area contributed by atoms with Crippen LogP contribution >= 0.6 is 11.8 Å². The van der Waals surface area contributed by atoms with Gasteiger partial charge in [0.1, 0.15) is 6.04 Å². The smallest absolute Gasteiger partial charge is 0.326 e. The molecular weight excluding hydrogens is 266 g/mol. The fourth-order valence-corrected chi connectivity index (χ4v) is 1.88. The van der Waals surface area contributed by atoms with Gasteiger partial charge in [0.05, 0.1) is 11.9 Å². The number of carbonyl (C=O) groups excluding carboxylic acids is 1. The van der Waals surface area contributed by atoms with Crippen molar-refractivity contribution in [2.75, 3.05) is 17.3 Å². The van der Waals surface area contributed by atoms with Crippen molar-refractivity contribution in [3.63, 3.8) is 0 Å². The van der Waals surface area contributed by atoms with Gasteiger partial charge in [-0.25, -0.2) is 9.59 Å².